The molecule has 8 heteroatoms. The predicted molar refractivity (Wildman–Crippen MR) is 198 cm³/mol. The van der Waals surface area contributed by atoms with Crippen LogP contribution in [-0.2, 0) is 23.4 Å². The van der Waals surface area contributed by atoms with E-state index in [-0.39, 0.29) is 19.2 Å². The lowest BCUT2D eigenvalue weighted by Crippen LogP contribution is -2.28. The first-order valence-corrected chi connectivity index (χ1v) is 21.9. The van der Waals surface area contributed by atoms with Crippen LogP contribution >= 0.6 is 7.82 Å². The molecule has 7 nitrogen and oxygen atoms in total. The fraction of sp³-hybridized carbons (Fsp3) is 0.974. The van der Waals surface area contributed by atoms with Crippen molar-refractivity contribution in [2.45, 2.75) is 225 Å². The number of ether oxygens (including phenoxy) is 2. The van der Waals surface area contributed by atoms with Crippen LogP contribution in [0.3, 0.4) is 0 Å². The number of phosphoric acid groups is 1. The first-order valence-electron chi connectivity index (χ1n) is 20.4. The maximum Gasteiger partial charge on any atom is 0.469 e. The van der Waals surface area contributed by atoms with Gasteiger partial charge >= 0.3 is 13.8 Å². The Labute approximate surface area is 291 Å². The van der Waals surface area contributed by atoms with E-state index in [1.54, 1.807) is 0 Å². The van der Waals surface area contributed by atoms with Crippen LogP contribution in [-0.4, -0.2) is 41.7 Å². The topological polar surface area (TPSA) is 102 Å². The van der Waals surface area contributed by atoms with Crippen LogP contribution in [0.4, 0.5) is 0 Å². The van der Waals surface area contributed by atoms with E-state index in [0.29, 0.717) is 13.0 Å². The van der Waals surface area contributed by atoms with Crippen LogP contribution in [0, 0.1) is 0 Å². The molecule has 1 atom stereocenters. The van der Waals surface area contributed by atoms with Gasteiger partial charge in [-0.05, 0) is 12.8 Å². The van der Waals surface area contributed by atoms with E-state index in [1.807, 2.05) is 0 Å². The Balaban J connectivity index is 3.69. The lowest BCUT2D eigenvalue weighted by molar-refractivity contribution is -0.154. The van der Waals surface area contributed by atoms with E-state index in [0.717, 1.165) is 32.1 Å². The minimum absolute atomic E-state index is 0.0864. The average molecular weight is 691 g/mol. The Bertz CT molecular complexity index is 684. The quantitative estimate of drug-likeness (QED) is 0.0376. The van der Waals surface area contributed by atoms with E-state index >= 15 is 0 Å². The molecule has 0 spiro atoms. The summed E-state index contributed by atoms with van der Waals surface area (Å²) in [5.74, 6) is -0.359. The first kappa shape index (κ1) is 46.5. The molecule has 0 fully saturated rings. The molecule has 0 aliphatic heterocycles. The zero-order chi connectivity index (χ0) is 34.5. The summed E-state index contributed by atoms with van der Waals surface area (Å²) in [6, 6.07) is 0. The van der Waals surface area contributed by atoms with E-state index in [1.165, 1.54) is 167 Å². The zero-order valence-electron chi connectivity index (χ0n) is 31.2. The summed E-state index contributed by atoms with van der Waals surface area (Å²) in [5, 5.41) is 0. The third-order valence-electron chi connectivity index (χ3n) is 9.16. The summed E-state index contributed by atoms with van der Waals surface area (Å²) < 4.78 is 26.9. The van der Waals surface area contributed by atoms with Crippen molar-refractivity contribution in [2.24, 2.45) is 0 Å². The van der Waals surface area contributed by atoms with Gasteiger partial charge in [0, 0.05) is 13.0 Å². The number of phosphoric ester groups is 1. The van der Waals surface area contributed by atoms with Crippen molar-refractivity contribution in [3.63, 3.8) is 0 Å². The van der Waals surface area contributed by atoms with E-state index in [9.17, 15) is 9.36 Å². The minimum Gasteiger partial charge on any atom is -0.457 e. The minimum atomic E-state index is -4.64. The van der Waals surface area contributed by atoms with Gasteiger partial charge in [-0.1, -0.05) is 200 Å². The molecule has 0 amide bonds. The molecule has 2 N–H and O–H groups in total. The molecule has 282 valence electrons. The summed E-state index contributed by atoms with van der Waals surface area (Å²) in [6.45, 7) is 4.78. The van der Waals surface area contributed by atoms with Gasteiger partial charge in [-0.25, -0.2) is 4.57 Å². The van der Waals surface area contributed by atoms with Crippen LogP contribution < -0.4 is 0 Å². The lowest BCUT2D eigenvalue weighted by atomic mass is 10.0. The number of carbonyl (C=O) groups is 1. The van der Waals surface area contributed by atoms with Crippen LogP contribution in [0.2, 0.25) is 0 Å². The van der Waals surface area contributed by atoms with Gasteiger partial charge in [0.25, 0.3) is 0 Å². The highest BCUT2D eigenvalue weighted by Gasteiger charge is 2.21. The number of carbonyl (C=O) groups excluding carboxylic acids is 1. The summed E-state index contributed by atoms with van der Waals surface area (Å²) in [5.41, 5.74) is 0. The normalized spacial score (nSPS) is 12.5. The van der Waals surface area contributed by atoms with Crippen molar-refractivity contribution in [3.05, 3.63) is 0 Å². The first-order chi connectivity index (χ1) is 22.9. The van der Waals surface area contributed by atoms with Gasteiger partial charge in [-0.2, -0.15) is 0 Å². The van der Waals surface area contributed by atoms with Gasteiger partial charge in [-0.15, -0.1) is 0 Å². The van der Waals surface area contributed by atoms with Crippen LogP contribution in [0.5, 0.6) is 0 Å². The van der Waals surface area contributed by atoms with Gasteiger partial charge in [0.2, 0.25) is 0 Å². The molecule has 0 radical (unpaired) electrons. The highest BCUT2D eigenvalue weighted by molar-refractivity contribution is 7.46. The number of esters is 1. The summed E-state index contributed by atoms with van der Waals surface area (Å²) in [7, 11) is -4.64. The van der Waals surface area contributed by atoms with Gasteiger partial charge in [0.15, 0.2) is 0 Å². The Hall–Kier alpha value is -0.460. The fourth-order valence-electron chi connectivity index (χ4n) is 6.15. The molecule has 0 saturated carbocycles. The average Bonchev–Trinajstić information content (AvgIpc) is 3.04. The Morgan fingerprint density at radius 1 is 0.489 bits per heavy atom. The summed E-state index contributed by atoms with van der Waals surface area (Å²) in [4.78, 5) is 30.5. The van der Waals surface area contributed by atoms with Crippen molar-refractivity contribution < 1.29 is 33.1 Å². The molecule has 0 heterocycles. The highest BCUT2D eigenvalue weighted by Crippen LogP contribution is 2.36. The fourth-order valence-corrected chi connectivity index (χ4v) is 6.51. The second-order valence-corrected chi connectivity index (χ2v) is 15.2. The van der Waals surface area contributed by atoms with Gasteiger partial charge in [0.05, 0.1) is 13.2 Å². The molecule has 0 saturated heterocycles. The molecule has 0 bridgehead atoms. The van der Waals surface area contributed by atoms with Gasteiger partial charge in [-0.3, -0.25) is 9.32 Å². The standard InChI is InChI=1S/C39H79O7P/c1-3-5-7-9-11-13-15-16-17-18-19-20-21-22-23-25-27-29-31-33-35-44-36-38(37-45-47(41,42)43)46-39(40)34-32-30-28-26-24-14-12-10-8-6-4-2/h38H,3-37H2,1-2H3,(H2,41,42,43)/t38-/m1/s1. The van der Waals surface area contributed by atoms with Crippen LogP contribution in [0.25, 0.3) is 0 Å². The second kappa shape index (κ2) is 36.8. The van der Waals surface area contributed by atoms with Crippen LogP contribution in [0.1, 0.15) is 219 Å². The van der Waals surface area contributed by atoms with E-state index < -0.39 is 13.9 Å². The smallest absolute Gasteiger partial charge is 0.457 e. The summed E-state index contributed by atoms with van der Waals surface area (Å²) >= 11 is 0. The van der Waals surface area contributed by atoms with Crippen molar-refractivity contribution in [2.75, 3.05) is 19.8 Å². The number of unbranched alkanes of at least 4 members (excludes halogenated alkanes) is 29. The molecule has 0 unspecified atom stereocenters. The third kappa shape index (κ3) is 39.9. The van der Waals surface area contributed by atoms with Crippen LogP contribution in [0.15, 0.2) is 0 Å². The monoisotopic (exact) mass is 691 g/mol. The number of hydrogen-bond acceptors (Lipinski definition) is 5. The Morgan fingerprint density at radius 2 is 0.809 bits per heavy atom. The number of rotatable bonds is 39. The molecule has 0 aromatic carbocycles. The number of hydrogen-bond donors (Lipinski definition) is 2. The maximum atomic E-state index is 12.3. The molecular formula is C39H79O7P. The Morgan fingerprint density at radius 3 is 1.15 bits per heavy atom. The van der Waals surface area contributed by atoms with Crippen molar-refractivity contribution in [3.8, 4) is 0 Å². The highest BCUT2D eigenvalue weighted by atomic mass is 31.2. The molecule has 0 rings (SSSR count). The van der Waals surface area contributed by atoms with Gasteiger partial charge < -0.3 is 19.3 Å². The molecule has 0 aliphatic rings. The lowest BCUT2D eigenvalue weighted by Gasteiger charge is -2.18. The zero-order valence-corrected chi connectivity index (χ0v) is 32.1. The van der Waals surface area contributed by atoms with Crippen molar-refractivity contribution in [1.29, 1.82) is 0 Å². The van der Waals surface area contributed by atoms with Crippen molar-refractivity contribution in [1.82, 2.24) is 0 Å². The molecule has 0 aromatic rings. The summed E-state index contributed by atoms with van der Waals surface area (Å²) in [6.07, 6.45) is 39.6. The largest absolute Gasteiger partial charge is 0.469 e. The molecule has 0 aliphatic carbocycles. The van der Waals surface area contributed by atoms with Crippen molar-refractivity contribution >= 4 is 13.8 Å². The second-order valence-electron chi connectivity index (χ2n) is 14.0. The Kier molecular flexibility index (Phi) is 36.5. The maximum absolute atomic E-state index is 12.3. The van der Waals surface area contributed by atoms with E-state index in [4.69, 9.17) is 19.3 Å². The SMILES string of the molecule is CCCCCCCCCCCCCCCCCCCCCCOC[C@H](COP(=O)(O)O)OC(=O)CCCCCCCCCCCCC. The molecule has 47 heavy (non-hydrogen) atoms. The predicted octanol–water partition coefficient (Wildman–Crippen LogP) is 12.5. The third-order valence-corrected chi connectivity index (χ3v) is 9.64. The molecular weight excluding hydrogens is 611 g/mol. The van der Waals surface area contributed by atoms with Gasteiger partial charge in [0.1, 0.15) is 6.10 Å². The van der Waals surface area contributed by atoms with E-state index in [2.05, 4.69) is 18.4 Å². The molecule has 0 aromatic heterocycles.